The van der Waals surface area contributed by atoms with Crippen molar-refractivity contribution in [3.63, 3.8) is 0 Å². The summed E-state index contributed by atoms with van der Waals surface area (Å²) in [5.74, 6) is -1.19. The van der Waals surface area contributed by atoms with E-state index in [-0.39, 0.29) is 5.91 Å². The van der Waals surface area contributed by atoms with Crippen LogP contribution in [0.4, 0.5) is 0 Å². The second-order valence-electron chi connectivity index (χ2n) is 4.34. The van der Waals surface area contributed by atoms with Gasteiger partial charge in [-0.15, -0.1) is 0 Å². The summed E-state index contributed by atoms with van der Waals surface area (Å²) < 4.78 is 0. The Bertz CT molecular complexity index is 666. The zero-order chi connectivity index (χ0) is 15.1. The second-order valence-corrected chi connectivity index (χ2v) is 4.34. The Morgan fingerprint density at radius 2 is 2.10 bits per heavy atom. The van der Waals surface area contributed by atoms with Crippen molar-refractivity contribution in [3.8, 4) is 0 Å². The quantitative estimate of drug-likeness (QED) is 0.823. The molecule has 0 aliphatic heterocycles. The van der Waals surface area contributed by atoms with Crippen LogP contribution in [-0.4, -0.2) is 22.0 Å². The number of carbonyl (C=O) groups excluding carboxylic acids is 1. The maximum absolute atomic E-state index is 11.9. The summed E-state index contributed by atoms with van der Waals surface area (Å²) in [5.41, 5.74) is 2.16. The standard InChI is InChI=1S/C16H14N2O3/c19-15(20)7-6-12-3-1-4-13(9-12)10-18-16(21)14-5-2-8-17-11-14/h1-9,11H,10H2,(H,18,21)(H,19,20). The van der Waals surface area contributed by atoms with E-state index in [1.54, 1.807) is 24.4 Å². The van der Waals surface area contributed by atoms with Crippen LogP contribution in [0.3, 0.4) is 0 Å². The highest BCUT2D eigenvalue weighted by atomic mass is 16.4. The number of carboxylic acids is 1. The third-order valence-electron chi connectivity index (χ3n) is 2.75. The Kier molecular flexibility index (Phi) is 4.82. The van der Waals surface area contributed by atoms with Crippen LogP contribution >= 0.6 is 0 Å². The topological polar surface area (TPSA) is 79.3 Å². The molecule has 5 nitrogen and oxygen atoms in total. The molecule has 2 rings (SSSR count). The Morgan fingerprint density at radius 3 is 2.81 bits per heavy atom. The molecule has 106 valence electrons. The Labute approximate surface area is 122 Å². The van der Waals surface area contributed by atoms with E-state index >= 15 is 0 Å². The third kappa shape index (κ3) is 4.58. The van der Waals surface area contributed by atoms with Gasteiger partial charge in [-0.25, -0.2) is 4.79 Å². The van der Waals surface area contributed by atoms with Crippen molar-refractivity contribution in [1.29, 1.82) is 0 Å². The zero-order valence-corrected chi connectivity index (χ0v) is 11.2. The van der Waals surface area contributed by atoms with E-state index in [0.29, 0.717) is 12.1 Å². The number of carboxylic acid groups (broad SMARTS) is 1. The first-order chi connectivity index (χ1) is 10.1. The number of benzene rings is 1. The summed E-state index contributed by atoms with van der Waals surface area (Å²) in [7, 11) is 0. The predicted molar refractivity (Wildman–Crippen MR) is 78.5 cm³/mol. The number of carbonyl (C=O) groups is 2. The van der Waals surface area contributed by atoms with Gasteiger partial charge in [0.1, 0.15) is 0 Å². The molecule has 2 N–H and O–H groups in total. The number of amides is 1. The highest BCUT2D eigenvalue weighted by molar-refractivity contribution is 5.93. The number of nitrogens with zero attached hydrogens (tertiary/aromatic N) is 1. The van der Waals surface area contributed by atoms with Crippen molar-refractivity contribution in [3.05, 3.63) is 71.6 Å². The number of nitrogens with one attached hydrogen (secondary N) is 1. The van der Waals surface area contributed by atoms with Gasteiger partial charge >= 0.3 is 5.97 Å². The van der Waals surface area contributed by atoms with Gasteiger partial charge in [0.15, 0.2) is 0 Å². The molecule has 21 heavy (non-hydrogen) atoms. The number of rotatable bonds is 5. The maximum atomic E-state index is 11.9. The molecule has 1 aromatic carbocycles. The lowest BCUT2D eigenvalue weighted by atomic mass is 10.1. The summed E-state index contributed by atoms with van der Waals surface area (Å²) in [6.45, 7) is 0.364. The lowest BCUT2D eigenvalue weighted by Crippen LogP contribution is -2.22. The van der Waals surface area contributed by atoms with Crippen molar-refractivity contribution in [2.24, 2.45) is 0 Å². The summed E-state index contributed by atoms with van der Waals surface area (Å²) in [6, 6.07) is 10.7. The molecule has 0 aliphatic rings. The van der Waals surface area contributed by atoms with Crippen LogP contribution in [0, 0.1) is 0 Å². The highest BCUT2D eigenvalue weighted by Gasteiger charge is 2.04. The van der Waals surface area contributed by atoms with Gasteiger partial charge in [0.2, 0.25) is 0 Å². The van der Waals surface area contributed by atoms with Gasteiger partial charge in [-0.3, -0.25) is 9.78 Å². The SMILES string of the molecule is O=C(O)C=Cc1cccc(CNC(=O)c2cccnc2)c1. The van der Waals surface area contributed by atoms with Gasteiger partial charge < -0.3 is 10.4 Å². The smallest absolute Gasteiger partial charge is 0.328 e. The van der Waals surface area contributed by atoms with E-state index in [1.807, 2.05) is 18.2 Å². The van der Waals surface area contributed by atoms with Crippen molar-refractivity contribution in [1.82, 2.24) is 10.3 Å². The van der Waals surface area contributed by atoms with Gasteiger partial charge in [0.25, 0.3) is 5.91 Å². The van der Waals surface area contributed by atoms with Gasteiger partial charge in [-0.05, 0) is 35.4 Å². The van der Waals surface area contributed by atoms with Gasteiger partial charge in [0.05, 0.1) is 5.56 Å². The van der Waals surface area contributed by atoms with Gasteiger partial charge in [-0.2, -0.15) is 0 Å². The van der Waals surface area contributed by atoms with Crippen LogP contribution in [0.1, 0.15) is 21.5 Å². The molecule has 1 heterocycles. The molecule has 0 fully saturated rings. The lowest BCUT2D eigenvalue weighted by molar-refractivity contribution is -0.131. The van der Waals surface area contributed by atoms with E-state index in [2.05, 4.69) is 10.3 Å². The third-order valence-corrected chi connectivity index (χ3v) is 2.75. The molecule has 2 aromatic rings. The van der Waals surface area contributed by atoms with Crippen LogP contribution in [0.2, 0.25) is 0 Å². The Balaban J connectivity index is 1.99. The van der Waals surface area contributed by atoms with Crippen molar-refractivity contribution in [2.75, 3.05) is 0 Å². The molecule has 0 bridgehead atoms. The van der Waals surface area contributed by atoms with Crippen LogP contribution < -0.4 is 5.32 Å². The van der Waals surface area contributed by atoms with Crippen LogP contribution in [-0.2, 0) is 11.3 Å². The van der Waals surface area contributed by atoms with Gasteiger partial charge in [-0.1, -0.05) is 18.2 Å². The summed E-state index contributed by atoms with van der Waals surface area (Å²) in [6.07, 6.45) is 5.69. The van der Waals surface area contributed by atoms with Crippen molar-refractivity contribution < 1.29 is 14.7 Å². The lowest BCUT2D eigenvalue weighted by Gasteiger charge is -2.06. The first-order valence-corrected chi connectivity index (χ1v) is 6.33. The van der Waals surface area contributed by atoms with Crippen molar-refractivity contribution in [2.45, 2.75) is 6.54 Å². The second kappa shape index (κ2) is 7.00. The number of aliphatic carboxylic acids is 1. The fraction of sp³-hybridized carbons (Fsp3) is 0.0625. The molecule has 0 saturated heterocycles. The number of pyridine rings is 1. The minimum Gasteiger partial charge on any atom is -0.478 e. The predicted octanol–water partition coefficient (Wildman–Crippen LogP) is 2.11. The molecule has 0 radical (unpaired) electrons. The minimum absolute atomic E-state index is 0.199. The molecule has 5 heteroatoms. The van der Waals surface area contributed by atoms with E-state index in [9.17, 15) is 9.59 Å². The van der Waals surface area contributed by atoms with E-state index in [1.165, 1.54) is 12.3 Å². The fourth-order valence-corrected chi connectivity index (χ4v) is 1.76. The molecular formula is C16H14N2O3. The minimum atomic E-state index is -0.995. The van der Waals surface area contributed by atoms with E-state index in [4.69, 9.17) is 5.11 Å². The molecule has 0 unspecified atom stereocenters. The summed E-state index contributed by atoms with van der Waals surface area (Å²) in [5, 5.41) is 11.4. The summed E-state index contributed by atoms with van der Waals surface area (Å²) in [4.78, 5) is 26.2. The molecule has 1 amide bonds. The van der Waals surface area contributed by atoms with Crippen LogP contribution in [0.15, 0.2) is 54.9 Å². The number of hydrogen-bond donors (Lipinski definition) is 2. The molecule has 0 spiro atoms. The van der Waals surface area contributed by atoms with Gasteiger partial charge in [0, 0.05) is 25.0 Å². The largest absolute Gasteiger partial charge is 0.478 e. The molecular weight excluding hydrogens is 268 g/mol. The first-order valence-electron chi connectivity index (χ1n) is 6.33. The fourth-order valence-electron chi connectivity index (χ4n) is 1.76. The first kappa shape index (κ1) is 14.5. The van der Waals surface area contributed by atoms with Crippen molar-refractivity contribution >= 4 is 18.0 Å². The van der Waals surface area contributed by atoms with Crippen LogP contribution in [0.25, 0.3) is 6.08 Å². The average Bonchev–Trinajstić information content (AvgIpc) is 2.52. The van der Waals surface area contributed by atoms with E-state index in [0.717, 1.165) is 17.2 Å². The molecule has 0 saturated carbocycles. The number of aromatic nitrogens is 1. The maximum Gasteiger partial charge on any atom is 0.328 e. The Hall–Kier alpha value is -2.95. The van der Waals surface area contributed by atoms with E-state index < -0.39 is 5.97 Å². The summed E-state index contributed by atoms with van der Waals surface area (Å²) >= 11 is 0. The monoisotopic (exact) mass is 282 g/mol. The normalized spacial score (nSPS) is 10.5. The molecule has 0 aliphatic carbocycles. The molecule has 0 atom stereocenters. The Morgan fingerprint density at radius 1 is 1.24 bits per heavy atom. The molecule has 1 aromatic heterocycles. The highest BCUT2D eigenvalue weighted by Crippen LogP contribution is 2.07. The van der Waals surface area contributed by atoms with Crippen LogP contribution in [0.5, 0.6) is 0 Å². The zero-order valence-electron chi connectivity index (χ0n) is 11.2. The number of hydrogen-bond acceptors (Lipinski definition) is 3. The average molecular weight is 282 g/mol.